The standard InChI is InChI=1S/C18H20N2OS/c1-2-16(14-7-4-3-5-8-14)17(21)20-11-12-22-18(20)15-9-6-10-19-13-15/h3-10,13,16,18H,2,11-12H2,1H3/t16-,18-/m0/s1. The minimum absolute atomic E-state index is 0.0564. The first-order chi connectivity index (χ1) is 10.8. The van der Waals surface area contributed by atoms with Crippen LogP contribution in [0.1, 0.15) is 35.8 Å². The molecule has 1 aliphatic rings. The Morgan fingerprint density at radius 3 is 2.82 bits per heavy atom. The van der Waals surface area contributed by atoms with Crippen LogP contribution in [0.5, 0.6) is 0 Å². The van der Waals surface area contributed by atoms with E-state index < -0.39 is 0 Å². The molecule has 4 heteroatoms. The monoisotopic (exact) mass is 312 g/mol. The van der Waals surface area contributed by atoms with Crippen LogP contribution in [0, 0.1) is 0 Å². The first-order valence-electron chi connectivity index (χ1n) is 7.68. The van der Waals surface area contributed by atoms with Crippen molar-refractivity contribution in [3.63, 3.8) is 0 Å². The average Bonchev–Trinajstić information content (AvgIpc) is 3.07. The summed E-state index contributed by atoms with van der Waals surface area (Å²) in [7, 11) is 0. The molecule has 3 nitrogen and oxygen atoms in total. The number of amides is 1. The van der Waals surface area contributed by atoms with E-state index in [4.69, 9.17) is 0 Å². The number of aromatic nitrogens is 1. The molecule has 2 aromatic rings. The normalized spacial score (nSPS) is 19.1. The van der Waals surface area contributed by atoms with E-state index in [9.17, 15) is 4.79 Å². The second kappa shape index (κ2) is 6.97. The molecule has 0 saturated carbocycles. The van der Waals surface area contributed by atoms with E-state index in [1.807, 2.05) is 59.3 Å². The maximum atomic E-state index is 13.1. The molecular formula is C18H20N2OS. The van der Waals surface area contributed by atoms with Crippen molar-refractivity contribution in [1.29, 1.82) is 0 Å². The molecule has 1 amide bonds. The molecule has 1 aromatic carbocycles. The first-order valence-corrected chi connectivity index (χ1v) is 8.73. The van der Waals surface area contributed by atoms with E-state index in [1.165, 1.54) is 0 Å². The van der Waals surface area contributed by atoms with Gasteiger partial charge in [0.15, 0.2) is 0 Å². The van der Waals surface area contributed by atoms with E-state index in [-0.39, 0.29) is 17.2 Å². The summed E-state index contributed by atoms with van der Waals surface area (Å²) in [6.07, 6.45) is 4.46. The Morgan fingerprint density at radius 1 is 1.32 bits per heavy atom. The van der Waals surface area contributed by atoms with Crippen LogP contribution in [0.4, 0.5) is 0 Å². The third kappa shape index (κ3) is 3.02. The van der Waals surface area contributed by atoms with Crippen molar-refractivity contribution in [3.8, 4) is 0 Å². The Hall–Kier alpha value is -1.81. The van der Waals surface area contributed by atoms with Crippen molar-refractivity contribution >= 4 is 17.7 Å². The molecule has 0 aliphatic carbocycles. The Balaban J connectivity index is 1.84. The van der Waals surface area contributed by atoms with Crippen LogP contribution in [0.3, 0.4) is 0 Å². The minimum Gasteiger partial charge on any atom is -0.325 e. The molecule has 114 valence electrons. The molecule has 0 radical (unpaired) electrons. The SMILES string of the molecule is CC[C@H](C(=O)N1CCS[C@H]1c1cccnc1)c1ccccc1. The maximum Gasteiger partial charge on any atom is 0.231 e. The van der Waals surface area contributed by atoms with Crippen molar-refractivity contribution < 1.29 is 4.79 Å². The maximum absolute atomic E-state index is 13.1. The molecule has 0 spiro atoms. The summed E-state index contributed by atoms with van der Waals surface area (Å²) in [5.41, 5.74) is 2.22. The van der Waals surface area contributed by atoms with Gasteiger partial charge in [-0.2, -0.15) is 0 Å². The van der Waals surface area contributed by atoms with Gasteiger partial charge in [0.05, 0.1) is 5.92 Å². The number of carbonyl (C=O) groups excluding carboxylic acids is 1. The molecule has 0 unspecified atom stereocenters. The largest absolute Gasteiger partial charge is 0.325 e. The fourth-order valence-electron chi connectivity index (χ4n) is 2.93. The molecular weight excluding hydrogens is 292 g/mol. The van der Waals surface area contributed by atoms with Crippen molar-refractivity contribution in [2.24, 2.45) is 0 Å². The minimum atomic E-state index is -0.0564. The van der Waals surface area contributed by atoms with Crippen LogP contribution in [0.15, 0.2) is 54.9 Å². The van der Waals surface area contributed by atoms with Crippen molar-refractivity contribution in [1.82, 2.24) is 9.88 Å². The van der Waals surface area contributed by atoms with Gasteiger partial charge in [0.2, 0.25) is 5.91 Å². The summed E-state index contributed by atoms with van der Waals surface area (Å²) in [4.78, 5) is 19.3. The van der Waals surface area contributed by atoms with E-state index in [1.54, 1.807) is 6.20 Å². The predicted octanol–water partition coefficient (Wildman–Crippen LogP) is 3.85. The molecule has 2 heterocycles. The van der Waals surface area contributed by atoms with E-state index >= 15 is 0 Å². The van der Waals surface area contributed by atoms with Gasteiger partial charge in [0, 0.05) is 30.3 Å². The number of rotatable bonds is 4. The van der Waals surface area contributed by atoms with Crippen LogP contribution >= 0.6 is 11.8 Å². The van der Waals surface area contributed by atoms with Crippen molar-refractivity contribution in [3.05, 3.63) is 66.0 Å². The Labute approximate surface area is 135 Å². The lowest BCUT2D eigenvalue weighted by atomic mass is 9.95. The number of carbonyl (C=O) groups is 1. The fraction of sp³-hybridized carbons (Fsp3) is 0.333. The summed E-state index contributed by atoms with van der Waals surface area (Å²) in [6, 6.07) is 14.1. The van der Waals surface area contributed by atoms with Crippen LogP contribution in [-0.4, -0.2) is 28.1 Å². The summed E-state index contributed by atoms with van der Waals surface area (Å²) in [5, 5.41) is 0.0963. The lowest BCUT2D eigenvalue weighted by molar-refractivity contribution is -0.133. The zero-order chi connectivity index (χ0) is 15.4. The lowest BCUT2D eigenvalue weighted by Gasteiger charge is -2.28. The molecule has 22 heavy (non-hydrogen) atoms. The zero-order valence-corrected chi connectivity index (χ0v) is 13.5. The molecule has 3 rings (SSSR count). The van der Waals surface area contributed by atoms with Crippen molar-refractivity contribution in [2.75, 3.05) is 12.3 Å². The van der Waals surface area contributed by atoms with Crippen molar-refractivity contribution in [2.45, 2.75) is 24.6 Å². The van der Waals surface area contributed by atoms with Crippen LogP contribution < -0.4 is 0 Å². The topological polar surface area (TPSA) is 33.2 Å². The van der Waals surface area contributed by atoms with Gasteiger partial charge in [-0.05, 0) is 18.1 Å². The zero-order valence-electron chi connectivity index (χ0n) is 12.7. The Kier molecular flexibility index (Phi) is 4.78. The molecule has 0 N–H and O–H groups in total. The highest BCUT2D eigenvalue weighted by atomic mass is 32.2. The molecule has 1 aliphatic heterocycles. The Morgan fingerprint density at radius 2 is 2.14 bits per heavy atom. The van der Waals surface area contributed by atoms with Gasteiger partial charge in [0.1, 0.15) is 5.37 Å². The summed E-state index contributed by atoms with van der Waals surface area (Å²) in [5.74, 6) is 1.16. The number of nitrogens with zero attached hydrogens (tertiary/aromatic N) is 2. The number of hydrogen-bond donors (Lipinski definition) is 0. The van der Waals surface area contributed by atoms with Gasteiger partial charge in [-0.3, -0.25) is 9.78 Å². The van der Waals surface area contributed by atoms with Gasteiger partial charge in [-0.1, -0.05) is 43.3 Å². The number of thioether (sulfide) groups is 1. The van der Waals surface area contributed by atoms with E-state index in [2.05, 4.69) is 18.0 Å². The number of pyridine rings is 1. The highest BCUT2D eigenvalue weighted by Crippen LogP contribution is 2.39. The second-order valence-electron chi connectivity index (χ2n) is 5.41. The average molecular weight is 312 g/mol. The third-order valence-corrected chi connectivity index (χ3v) is 5.31. The van der Waals surface area contributed by atoms with E-state index in [0.717, 1.165) is 29.8 Å². The Bertz CT molecular complexity index is 617. The third-order valence-electron chi connectivity index (χ3n) is 4.05. The highest BCUT2D eigenvalue weighted by molar-refractivity contribution is 7.99. The van der Waals surface area contributed by atoms with Crippen LogP contribution in [0.2, 0.25) is 0 Å². The number of benzene rings is 1. The van der Waals surface area contributed by atoms with Crippen LogP contribution in [0.25, 0.3) is 0 Å². The summed E-state index contributed by atoms with van der Waals surface area (Å²) >= 11 is 1.82. The highest BCUT2D eigenvalue weighted by Gasteiger charge is 2.34. The molecule has 1 aromatic heterocycles. The summed E-state index contributed by atoms with van der Waals surface area (Å²) < 4.78 is 0. The second-order valence-corrected chi connectivity index (χ2v) is 6.60. The van der Waals surface area contributed by atoms with Gasteiger partial charge >= 0.3 is 0 Å². The smallest absolute Gasteiger partial charge is 0.231 e. The van der Waals surface area contributed by atoms with Gasteiger partial charge in [0.25, 0.3) is 0 Å². The van der Waals surface area contributed by atoms with Crippen LogP contribution in [-0.2, 0) is 4.79 Å². The quantitative estimate of drug-likeness (QED) is 0.860. The summed E-state index contributed by atoms with van der Waals surface area (Å²) in [6.45, 7) is 2.89. The van der Waals surface area contributed by atoms with Gasteiger partial charge in [-0.25, -0.2) is 0 Å². The lowest BCUT2D eigenvalue weighted by Crippen LogP contribution is -2.34. The van der Waals surface area contributed by atoms with Gasteiger partial charge in [-0.15, -0.1) is 11.8 Å². The molecule has 1 saturated heterocycles. The first kappa shape index (κ1) is 15.1. The predicted molar refractivity (Wildman–Crippen MR) is 90.6 cm³/mol. The molecule has 2 atom stereocenters. The van der Waals surface area contributed by atoms with Gasteiger partial charge < -0.3 is 4.90 Å². The fourth-order valence-corrected chi connectivity index (χ4v) is 4.18. The van der Waals surface area contributed by atoms with E-state index in [0.29, 0.717) is 0 Å². The molecule has 1 fully saturated rings. The number of hydrogen-bond acceptors (Lipinski definition) is 3. The molecule has 0 bridgehead atoms.